The van der Waals surface area contributed by atoms with E-state index in [1.807, 2.05) is 62.0 Å². The van der Waals surface area contributed by atoms with Gasteiger partial charge >= 0.3 is 0 Å². The molecule has 10 nitrogen and oxygen atoms in total. The lowest BCUT2D eigenvalue weighted by Crippen LogP contribution is -2.53. The van der Waals surface area contributed by atoms with Crippen molar-refractivity contribution in [2.24, 2.45) is 5.41 Å². The van der Waals surface area contributed by atoms with E-state index in [4.69, 9.17) is 0 Å². The molecular weight excluding hydrogens is 634 g/mol. The van der Waals surface area contributed by atoms with Crippen LogP contribution in [0.1, 0.15) is 60.3 Å². The molecule has 5 heterocycles. The van der Waals surface area contributed by atoms with Crippen LogP contribution in [-0.2, 0) is 16.1 Å². The number of halogens is 1. The van der Waals surface area contributed by atoms with Crippen molar-refractivity contribution in [3.63, 3.8) is 0 Å². The van der Waals surface area contributed by atoms with Crippen molar-refractivity contribution in [1.29, 1.82) is 0 Å². The summed E-state index contributed by atoms with van der Waals surface area (Å²) in [6.45, 7) is 9.56. The number of aromatic nitrogens is 5. The van der Waals surface area contributed by atoms with Gasteiger partial charge in [-0.15, -0.1) is 0 Å². The van der Waals surface area contributed by atoms with Gasteiger partial charge in [-0.05, 0) is 103 Å². The topological polar surface area (TPSA) is 114 Å². The van der Waals surface area contributed by atoms with E-state index in [-0.39, 0.29) is 35.6 Å². The first kappa shape index (κ1) is 29.3. The van der Waals surface area contributed by atoms with Crippen molar-refractivity contribution in [1.82, 2.24) is 29.0 Å². The van der Waals surface area contributed by atoms with Crippen LogP contribution in [0.5, 0.6) is 0 Å². The zero-order chi connectivity index (χ0) is 31.8. The van der Waals surface area contributed by atoms with Crippen molar-refractivity contribution in [2.45, 2.75) is 72.5 Å². The second kappa shape index (κ2) is 10.6. The lowest BCUT2D eigenvalue weighted by atomic mass is 9.92. The van der Waals surface area contributed by atoms with Crippen LogP contribution in [0.15, 0.2) is 53.5 Å². The molecule has 2 aliphatic rings. The van der Waals surface area contributed by atoms with Crippen LogP contribution in [0, 0.1) is 26.2 Å². The number of hydrogen-bond donors (Lipinski definition) is 1. The van der Waals surface area contributed by atoms with E-state index in [9.17, 15) is 14.4 Å². The highest BCUT2D eigenvalue weighted by Crippen LogP contribution is 2.57. The fourth-order valence-electron chi connectivity index (χ4n) is 6.94. The Hall–Kier alpha value is -4.38. The lowest BCUT2D eigenvalue weighted by Gasteiger charge is -2.37. The summed E-state index contributed by atoms with van der Waals surface area (Å²) in [5.74, 6) is 0.0334. The molecule has 1 aromatic carbocycles. The van der Waals surface area contributed by atoms with Gasteiger partial charge in [0, 0.05) is 47.2 Å². The predicted molar refractivity (Wildman–Crippen MR) is 175 cm³/mol. The van der Waals surface area contributed by atoms with Crippen LogP contribution < -0.4 is 5.32 Å². The molecule has 0 unspecified atom stereocenters. The molecule has 2 amide bonds. The maximum atomic E-state index is 14.2. The van der Waals surface area contributed by atoms with Crippen molar-refractivity contribution in [3.05, 3.63) is 75.9 Å². The van der Waals surface area contributed by atoms with Crippen LogP contribution in [0.25, 0.3) is 27.7 Å². The summed E-state index contributed by atoms with van der Waals surface area (Å²) in [6, 6.07) is 9.07. The second-order valence-corrected chi connectivity index (χ2v) is 13.7. The average Bonchev–Trinajstić information content (AvgIpc) is 3.32. The number of Topliss-reactive ketones (excluding diaryl/α,β-unsaturated/α-hetero) is 1. The molecule has 7 rings (SSSR count). The molecule has 45 heavy (non-hydrogen) atoms. The van der Waals surface area contributed by atoms with Crippen LogP contribution in [0.3, 0.4) is 0 Å². The van der Waals surface area contributed by atoms with E-state index in [1.54, 1.807) is 22.5 Å². The van der Waals surface area contributed by atoms with Gasteiger partial charge in [-0.3, -0.25) is 14.4 Å². The first-order chi connectivity index (χ1) is 21.4. The molecule has 2 fully saturated rings. The summed E-state index contributed by atoms with van der Waals surface area (Å²) in [4.78, 5) is 51.5. The molecule has 0 bridgehead atoms. The standard InChI is InChI=1S/C34H34BrN7O3/c1-18-6-7-28(35)37-32(18)38-33(45)26-8-9-34(5)13-27(34)42(26)30(44)17-40-16-25(21(4)43)24-12-22(10-19(2)31(24)40)23-14-36-29-11-20(3)39-41(29)15-23/h6-7,10-12,14-16,26-27H,8-9,13,17H2,1-5H3,(H,37,38,45)/t26-,27+,34-/m0/s1. The number of ketones is 1. The van der Waals surface area contributed by atoms with E-state index in [1.165, 1.54) is 0 Å². The molecule has 230 valence electrons. The third-order valence-corrected chi connectivity index (χ3v) is 9.92. The molecule has 3 atom stereocenters. The van der Waals surface area contributed by atoms with Crippen LogP contribution in [-0.4, -0.2) is 58.7 Å². The van der Waals surface area contributed by atoms with Gasteiger partial charge in [0.05, 0.1) is 11.2 Å². The normalized spacial score (nSPS) is 20.8. The maximum absolute atomic E-state index is 14.2. The Morgan fingerprint density at radius 1 is 1.07 bits per heavy atom. The molecule has 1 N–H and O–H groups in total. The highest BCUT2D eigenvalue weighted by atomic mass is 79.9. The van der Waals surface area contributed by atoms with Gasteiger partial charge in [0.1, 0.15) is 23.0 Å². The Morgan fingerprint density at radius 3 is 2.64 bits per heavy atom. The Kier molecular flexibility index (Phi) is 6.92. The summed E-state index contributed by atoms with van der Waals surface area (Å²) in [7, 11) is 0. The number of aryl methyl sites for hydroxylation is 3. The molecule has 0 spiro atoms. The number of nitrogens with zero attached hydrogens (tertiary/aromatic N) is 6. The molecular formula is C34H34BrN7O3. The van der Waals surface area contributed by atoms with Crippen molar-refractivity contribution in [2.75, 3.05) is 5.32 Å². The number of amides is 2. The van der Waals surface area contributed by atoms with Gasteiger partial charge in [-0.1, -0.05) is 13.0 Å². The van der Waals surface area contributed by atoms with Crippen molar-refractivity contribution < 1.29 is 14.4 Å². The summed E-state index contributed by atoms with van der Waals surface area (Å²) >= 11 is 3.38. The monoisotopic (exact) mass is 667 g/mol. The zero-order valence-corrected chi connectivity index (χ0v) is 27.5. The molecule has 1 saturated heterocycles. The van der Waals surface area contributed by atoms with Crippen LogP contribution in [0.2, 0.25) is 0 Å². The van der Waals surface area contributed by atoms with Gasteiger partial charge in [-0.2, -0.15) is 5.10 Å². The number of benzene rings is 1. The van der Waals surface area contributed by atoms with E-state index in [0.29, 0.717) is 22.4 Å². The van der Waals surface area contributed by atoms with Crippen LogP contribution in [0.4, 0.5) is 5.82 Å². The highest BCUT2D eigenvalue weighted by molar-refractivity contribution is 9.10. The Morgan fingerprint density at radius 2 is 1.87 bits per heavy atom. The van der Waals surface area contributed by atoms with Crippen molar-refractivity contribution in [3.8, 4) is 11.1 Å². The molecule has 1 aliphatic carbocycles. The molecule has 1 saturated carbocycles. The molecule has 1 aliphatic heterocycles. The molecule has 11 heteroatoms. The van der Waals surface area contributed by atoms with E-state index in [0.717, 1.165) is 57.3 Å². The number of carbonyl (C=O) groups is 3. The van der Waals surface area contributed by atoms with Crippen molar-refractivity contribution >= 4 is 55.9 Å². The average molecular weight is 669 g/mol. The minimum absolute atomic E-state index is 0.00113. The summed E-state index contributed by atoms with van der Waals surface area (Å²) in [5.41, 5.74) is 6.60. The van der Waals surface area contributed by atoms with Gasteiger partial charge in [0.2, 0.25) is 11.8 Å². The SMILES string of the molecule is CC(=O)c1cn(CC(=O)N2[C@H](C(=O)Nc3nc(Br)ccc3C)CC[C@@]3(C)C[C@@H]23)c2c(C)cc(-c3cnc4cc(C)nn4c3)cc12. The van der Waals surface area contributed by atoms with Crippen LogP contribution >= 0.6 is 15.9 Å². The third-order valence-electron chi connectivity index (χ3n) is 9.48. The smallest absolute Gasteiger partial charge is 0.248 e. The van der Waals surface area contributed by atoms with E-state index < -0.39 is 6.04 Å². The Bertz CT molecular complexity index is 2060. The number of piperidine rings is 1. The molecule has 0 radical (unpaired) electrons. The lowest BCUT2D eigenvalue weighted by molar-refractivity contribution is -0.142. The summed E-state index contributed by atoms with van der Waals surface area (Å²) in [5, 5.41) is 8.25. The minimum Gasteiger partial charge on any atom is -0.337 e. The molecule has 4 aromatic heterocycles. The number of likely N-dealkylation sites (tertiary alicyclic amines) is 1. The first-order valence-corrected chi connectivity index (χ1v) is 15.9. The largest absolute Gasteiger partial charge is 0.337 e. The highest BCUT2D eigenvalue weighted by Gasteiger charge is 2.60. The van der Waals surface area contributed by atoms with E-state index >= 15 is 0 Å². The Labute approximate surface area is 269 Å². The van der Waals surface area contributed by atoms with Gasteiger partial charge < -0.3 is 14.8 Å². The third kappa shape index (κ3) is 5.12. The number of hydrogen-bond acceptors (Lipinski definition) is 6. The second-order valence-electron chi connectivity index (χ2n) is 12.9. The number of rotatable bonds is 6. The molecule has 5 aromatic rings. The van der Waals surface area contributed by atoms with E-state index in [2.05, 4.69) is 49.3 Å². The first-order valence-electron chi connectivity index (χ1n) is 15.1. The van der Waals surface area contributed by atoms with Gasteiger partial charge in [-0.25, -0.2) is 14.5 Å². The number of carbonyl (C=O) groups excluding carboxylic acids is 3. The predicted octanol–water partition coefficient (Wildman–Crippen LogP) is 6.04. The number of fused-ring (bicyclic) bond motifs is 3. The Balaban J connectivity index is 1.22. The summed E-state index contributed by atoms with van der Waals surface area (Å²) in [6.07, 6.45) is 7.86. The zero-order valence-electron chi connectivity index (χ0n) is 25.9. The van der Waals surface area contributed by atoms with Gasteiger partial charge in [0.25, 0.3) is 0 Å². The maximum Gasteiger partial charge on any atom is 0.248 e. The van der Waals surface area contributed by atoms with Gasteiger partial charge in [0.15, 0.2) is 11.4 Å². The summed E-state index contributed by atoms with van der Waals surface area (Å²) < 4.78 is 4.25. The number of pyridine rings is 1. The fraction of sp³-hybridized carbons (Fsp3) is 0.353. The quantitative estimate of drug-likeness (QED) is 0.174. The number of nitrogens with one attached hydrogen (secondary N) is 1. The fourth-order valence-corrected chi connectivity index (χ4v) is 7.25. The minimum atomic E-state index is -0.603. The number of anilines is 1.